The van der Waals surface area contributed by atoms with Crippen LogP contribution in [0.2, 0.25) is 10.0 Å². The molecular formula is C15H15Cl2NO. The van der Waals surface area contributed by atoms with Crippen LogP contribution in [0, 0.1) is 0 Å². The lowest BCUT2D eigenvalue weighted by atomic mass is 10.1. The van der Waals surface area contributed by atoms with Crippen molar-refractivity contribution >= 4 is 23.2 Å². The number of hydrogen-bond acceptors (Lipinski definition) is 2. The molecule has 0 bridgehead atoms. The summed E-state index contributed by atoms with van der Waals surface area (Å²) in [5.41, 5.74) is 7.68. The highest BCUT2D eigenvalue weighted by Gasteiger charge is 2.04. The van der Waals surface area contributed by atoms with Crippen molar-refractivity contribution in [2.24, 2.45) is 5.73 Å². The molecule has 0 spiro atoms. The van der Waals surface area contributed by atoms with E-state index in [2.05, 4.69) is 0 Å². The molecule has 2 N–H and O–H groups in total. The Labute approximate surface area is 123 Å². The van der Waals surface area contributed by atoms with Crippen molar-refractivity contribution in [2.45, 2.75) is 13.0 Å². The van der Waals surface area contributed by atoms with E-state index in [1.54, 1.807) is 6.07 Å². The van der Waals surface area contributed by atoms with Gasteiger partial charge in [0.1, 0.15) is 12.4 Å². The first kappa shape index (κ1) is 14.2. The molecule has 0 unspecified atom stereocenters. The van der Waals surface area contributed by atoms with E-state index in [9.17, 15) is 0 Å². The van der Waals surface area contributed by atoms with Gasteiger partial charge in [0.25, 0.3) is 0 Å². The second-order valence-electron chi connectivity index (χ2n) is 4.18. The molecular weight excluding hydrogens is 281 g/mol. The van der Waals surface area contributed by atoms with E-state index in [-0.39, 0.29) is 0 Å². The Hall–Kier alpha value is -1.22. The van der Waals surface area contributed by atoms with Crippen LogP contribution in [-0.4, -0.2) is 6.54 Å². The largest absolute Gasteiger partial charge is 0.489 e. The van der Waals surface area contributed by atoms with Gasteiger partial charge in [-0.05, 0) is 42.3 Å². The summed E-state index contributed by atoms with van der Waals surface area (Å²) in [5, 5.41) is 1.09. The molecule has 0 atom stereocenters. The molecule has 0 aromatic heterocycles. The van der Waals surface area contributed by atoms with Crippen molar-refractivity contribution in [2.75, 3.05) is 6.54 Å². The maximum Gasteiger partial charge on any atom is 0.123 e. The molecule has 0 heterocycles. The lowest BCUT2D eigenvalue weighted by Gasteiger charge is -2.11. The Morgan fingerprint density at radius 2 is 1.79 bits per heavy atom. The van der Waals surface area contributed by atoms with Crippen LogP contribution < -0.4 is 10.5 Å². The molecule has 100 valence electrons. The standard InChI is InChI=1S/C15H15Cl2NO/c16-13-6-5-11(9-14(13)17)10-19-15-4-2-1-3-12(15)7-8-18/h1-6,9H,7-8,10,18H2. The Morgan fingerprint density at radius 3 is 2.53 bits per heavy atom. The van der Waals surface area contributed by atoms with Gasteiger partial charge in [0, 0.05) is 0 Å². The summed E-state index contributed by atoms with van der Waals surface area (Å²) in [6.07, 6.45) is 0.803. The maximum atomic E-state index is 5.97. The predicted molar refractivity (Wildman–Crippen MR) is 80.0 cm³/mol. The zero-order chi connectivity index (χ0) is 13.7. The van der Waals surface area contributed by atoms with Crippen molar-refractivity contribution in [1.29, 1.82) is 0 Å². The Bertz CT molecular complexity index is 558. The van der Waals surface area contributed by atoms with E-state index < -0.39 is 0 Å². The Balaban J connectivity index is 2.07. The molecule has 2 aromatic rings. The Morgan fingerprint density at radius 1 is 1.00 bits per heavy atom. The van der Waals surface area contributed by atoms with E-state index in [0.29, 0.717) is 23.2 Å². The van der Waals surface area contributed by atoms with E-state index in [1.807, 2.05) is 36.4 Å². The summed E-state index contributed by atoms with van der Waals surface area (Å²) in [6.45, 7) is 1.06. The molecule has 19 heavy (non-hydrogen) atoms. The minimum Gasteiger partial charge on any atom is -0.489 e. The molecule has 0 amide bonds. The summed E-state index contributed by atoms with van der Waals surface area (Å²) >= 11 is 11.9. The summed E-state index contributed by atoms with van der Waals surface area (Å²) in [5.74, 6) is 0.860. The molecule has 0 radical (unpaired) electrons. The number of hydrogen-bond donors (Lipinski definition) is 1. The molecule has 0 saturated heterocycles. The quantitative estimate of drug-likeness (QED) is 0.902. The summed E-state index contributed by atoms with van der Waals surface area (Å²) in [7, 11) is 0. The van der Waals surface area contributed by atoms with Crippen LogP contribution in [0.4, 0.5) is 0 Å². The molecule has 2 aromatic carbocycles. The second-order valence-corrected chi connectivity index (χ2v) is 5.00. The number of ether oxygens (including phenoxy) is 1. The van der Waals surface area contributed by atoms with E-state index in [0.717, 1.165) is 23.3 Å². The number of para-hydroxylation sites is 1. The molecule has 2 nitrogen and oxygen atoms in total. The van der Waals surface area contributed by atoms with Gasteiger partial charge in [-0.25, -0.2) is 0 Å². The van der Waals surface area contributed by atoms with Crippen molar-refractivity contribution in [3.63, 3.8) is 0 Å². The van der Waals surface area contributed by atoms with Gasteiger partial charge >= 0.3 is 0 Å². The van der Waals surface area contributed by atoms with Crippen LogP contribution in [0.3, 0.4) is 0 Å². The fourth-order valence-electron chi connectivity index (χ4n) is 1.80. The summed E-state index contributed by atoms with van der Waals surface area (Å²) in [4.78, 5) is 0. The first-order valence-electron chi connectivity index (χ1n) is 6.05. The van der Waals surface area contributed by atoms with Crippen molar-refractivity contribution in [3.8, 4) is 5.75 Å². The van der Waals surface area contributed by atoms with Crippen LogP contribution in [0.25, 0.3) is 0 Å². The number of rotatable bonds is 5. The number of benzene rings is 2. The first-order valence-corrected chi connectivity index (χ1v) is 6.81. The molecule has 0 aliphatic rings. The minimum atomic E-state index is 0.457. The number of halogens is 2. The fourth-order valence-corrected chi connectivity index (χ4v) is 2.12. The second kappa shape index (κ2) is 6.80. The van der Waals surface area contributed by atoms with Gasteiger partial charge in [-0.3, -0.25) is 0 Å². The van der Waals surface area contributed by atoms with Crippen molar-refractivity contribution in [3.05, 3.63) is 63.6 Å². The average molecular weight is 296 g/mol. The molecule has 4 heteroatoms. The summed E-state index contributed by atoms with van der Waals surface area (Å²) < 4.78 is 5.81. The van der Waals surface area contributed by atoms with Gasteiger partial charge < -0.3 is 10.5 Å². The van der Waals surface area contributed by atoms with Gasteiger partial charge in [-0.1, -0.05) is 47.5 Å². The normalized spacial score (nSPS) is 10.5. The lowest BCUT2D eigenvalue weighted by Crippen LogP contribution is -2.05. The summed E-state index contributed by atoms with van der Waals surface area (Å²) in [6, 6.07) is 13.4. The average Bonchev–Trinajstić information content (AvgIpc) is 2.42. The zero-order valence-electron chi connectivity index (χ0n) is 10.4. The van der Waals surface area contributed by atoms with Gasteiger partial charge in [0.2, 0.25) is 0 Å². The van der Waals surface area contributed by atoms with Crippen LogP contribution in [-0.2, 0) is 13.0 Å². The van der Waals surface area contributed by atoms with Gasteiger partial charge in [-0.15, -0.1) is 0 Å². The predicted octanol–water partition coefficient (Wildman–Crippen LogP) is 4.07. The molecule has 0 aliphatic carbocycles. The minimum absolute atomic E-state index is 0.457. The molecule has 0 saturated carbocycles. The highest BCUT2D eigenvalue weighted by molar-refractivity contribution is 6.42. The van der Waals surface area contributed by atoms with Gasteiger partial charge in [0.15, 0.2) is 0 Å². The highest BCUT2D eigenvalue weighted by atomic mass is 35.5. The lowest BCUT2D eigenvalue weighted by molar-refractivity contribution is 0.303. The van der Waals surface area contributed by atoms with E-state index in [4.69, 9.17) is 33.7 Å². The van der Waals surface area contributed by atoms with Crippen LogP contribution in [0.15, 0.2) is 42.5 Å². The molecule has 0 fully saturated rings. The third kappa shape index (κ3) is 3.87. The fraction of sp³-hybridized carbons (Fsp3) is 0.200. The highest BCUT2D eigenvalue weighted by Crippen LogP contribution is 2.24. The van der Waals surface area contributed by atoms with Crippen molar-refractivity contribution in [1.82, 2.24) is 0 Å². The first-order chi connectivity index (χ1) is 9.20. The maximum absolute atomic E-state index is 5.97. The SMILES string of the molecule is NCCc1ccccc1OCc1ccc(Cl)c(Cl)c1. The molecule has 0 aliphatic heterocycles. The molecule has 2 rings (SSSR count). The van der Waals surface area contributed by atoms with Crippen LogP contribution in [0.5, 0.6) is 5.75 Å². The third-order valence-corrected chi connectivity index (χ3v) is 3.50. The smallest absolute Gasteiger partial charge is 0.123 e. The Kier molecular flexibility index (Phi) is 5.08. The van der Waals surface area contributed by atoms with Gasteiger partial charge in [-0.2, -0.15) is 0 Å². The third-order valence-electron chi connectivity index (χ3n) is 2.76. The van der Waals surface area contributed by atoms with Crippen molar-refractivity contribution < 1.29 is 4.74 Å². The zero-order valence-corrected chi connectivity index (χ0v) is 11.9. The van der Waals surface area contributed by atoms with Crippen LogP contribution >= 0.6 is 23.2 Å². The topological polar surface area (TPSA) is 35.2 Å². The van der Waals surface area contributed by atoms with Crippen LogP contribution in [0.1, 0.15) is 11.1 Å². The van der Waals surface area contributed by atoms with E-state index >= 15 is 0 Å². The van der Waals surface area contributed by atoms with Gasteiger partial charge in [0.05, 0.1) is 10.0 Å². The number of nitrogens with two attached hydrogens (primary N) is 1. The van der Waals surface area contributed by atoms with E-state index in [1.165, 1.54) is 0 Å². The monoisotopic (exact) mass is 295 g/mol.